The Morgan fingerprint density at radius 2 is 2.28 bits per heavy atom. The van der Waals surface area contributed by atoms with Crippen LogP contribution < -0.4 is 0 Å². The van der Waals surface area contributed by atoms with E-state index in [4.69, 9.17) is 5.26 Å². The van der Waals surface area contributed by atoms with Crippen LogP contribution in [0.3, 0.4) is 0 Å². The van der Waals surface area contributed by atoms with Crippen LogP contribution in [0.25, 0.3) is 0 Å². The Morgan fingerprint density at radius 1 is 1.50 bits per heavy atom. The Kier molecular flexibility index (Phi) is 3.78. The van der Waals surface area contributed by atoms with Crippen LogP contribution in [0.1, 0.15) is 30.0 Å². The van der Waals surface area contributed by atoms with Gasteiger partial charge in [0.25, 0.3) is 0 Å². The third kappa shape index (κ3) is 2.77. The number of carbonyl (C=O) groups excluding carboxylic acids is 1. The Labute approximate surface area is 108 Å². The minimum Gasteiger partial charge on any atom is -0.299 e. The SMILES string of the molecule is Cc1cc(C#N)ccc1CN1CCC(=O)C(C)C1. The zero-order valence-electron chi connectivity index (χ0n) is 10.9. The molecule has 1 unspecified atom stereocenters. The van der Waals surface area contributed by atoms with Crippen LogP contribution in [0.5, 0.6) is 0 Å². The van der Waals surface area contributed by atoms with Gasteiger partial charge in [0.1, 0.15) is 5.78 Å². The van der Waals surface area contributed by atoms with Crippen molar-refractivity contribution in [1.82, 2.24) is 4.90 Å². The topological polar surface area (TPSA) is 44.1 Å². The number of Topliss-reactive ketones (excluding diaryl/α,β-unsaturated/α-hetero) is 1. The lowest BCUT2D eigenvalue weighted by Gasteiger charge is -2.30. The van der Waals surface area contributed by atoms with Crippen LogP contribution in [-0.4, -0.2) is 23.8 Å². The van der Waals surface area contributed by atoms with Crippen molar-refractivity contribution >= 4 is 5.78 Å². The van der Waals surface area contributed by atoms with Gasteiger partial charge in [0.2, 0.25) is 0 Å². The maximum atomic E-state index is 11.5. The number of aryl methyl sites for hydroxylation is 1. The highest BCUT2D eigenvalue weighted by molar-refractivity contribution is 5.81. The summed E-state index contributed by atoms with van der Waals surface area (Å²) in [7, 11) is 0. The van der Waals surface area contributed by atoms with Crippen LogP contribution in [0.4, 0.5) is 0 Å². The zero-order valence-corrected chi connectivity index (χ0v) is 10.9. The van der Waals surface area contributed by atoms with E-state index in [1.165, 1.54) is 5.56 Å². The summed E-state index contributed by atoms with van der Waals surface area (Å²) in [6.45, 7) is 6.60. The van der Waals surface area contributed by atoms with E-state index in [0.717, 1.165) is 25.2 Å². The Balaban J connectivity index is 2.06. The number of nitriles is 1. The number of hydrogen-bond acceptors (Lipinski definition) is 3. The fraction of sp³-hybridized carbons (Fsp3) is 0.467. The lowest BCUT2D eigenvalue weighted by molar-refractivity contribution is -0.125. The summed E-state index contributed by atoms with van der Waals surface area (Å²) in [5.41, 5.74) is 3.10. The summed E-state index contributed by atoms with van der Waals surface area (Å²) in [5.74, 6) is 0.528. The first-order valence-electron chi connectivity index (χ1n) is 6.35. The molecule has 1 atom stereocenters. The first-order valence-corrected chi connectivity index (χ1v) is 6.35. The highest BCUT2D eigenvalue weighted by Crippen LogP contribution is 2.18. The highest BCUT2D eigenvalue weighted by Gasteiger charge is 2.23. The minimum absolute atomic E-state index is 0.150. The molecule has 0 N–H and O–H groups in total. The van der Waals surface area contributed by atoms with Crippen LogP contribution in [0, 0.1) is 24.2 Å². The molecule has 1 saturated heterocycles. The summed E-state index contributed by atoms with van der Waals surface area (Å²) in [5, 5.41) is 8.84. The van der Waals surface area contributed by atoms with Gasteiger partial charge in [0.15, 0.2) is 0 Å². The second kappa shape index (κ2) is 5.32. The van der Waals surface area contributed by atoms with Gasteiger partial charge in [-0.3, -0.25) is 9.69 Å². The Hall–Kier alpha value is -1.66. The summed E-state index contributed by atoms with van der Waals surface area (Å²) >= 11 is 0. The monoisotopic (exact) mass is 242 g/mol. The molecule has 1 aromatic carbocycles. The van der Waals surface area contributed by atoms with E-state index >= 15 is 0 Å². The van der Waals surface area contributed by atoms with Gasteiger partial charge in [-0.1, -0.05) is 13.0 Å². The molecule has 2 rings (SSSR count). The van der Waals surface area contributed by atoms with Gasteiger partial charge < -0.3 is 0 Å². The zero-order chi connectivity index (χ0) is 13.1. The lowest BCUT2D eigenvalue weighted by Crippen LogP contribution is -2.39. The molecule has 0 radical (unpaired) electrons. The van der Waals surface area contributed by atoms with Crippen molar-refractivity contribution in [1.29, 1.82) is 5.26 Å². The van der Waals surface area contributed by atoms with Crippen molar-refractivity contribution in [3.8, 4) is 6.07 Å². The van der Waals surface area contributed by atoms with E-state index < -0.39 is 0 Å². The fourth-order valence-electron chi connectivity index (χ4n) is 2.42. The normalized spacial score (nSPS) is 20.7. The molecular formula is C15H18N2O. The number of rotatable bonds is 2. The third-order valence-electron chi connectivity index (χ3n) is 3.62. The van der Waals surface area contributed by atoms with Crippen molar-refractivity contribution in [2.75, 3.05) is 13.1 Å². The molecule has 3 nitrogen and oxygen atoms in total. The Bertz CT molecular complexity index is 502. The van der Waals surface area contributed by atoms with Gasteiger partial charge >= 0.3 is 0 Å². The molecule has 1 aliphatic rings. The molecule has 1 fully saturated rings. The smallest absolute Gasteiger partial charge is 0.138 e. The number of likely N-dealkylation sites (tertiary alicyclic amines) is 1. The summed E-state index contributed by atoms with van der Waals surface area (Å²) < 4.78 is 0. The van der Waals surface area contributed by atoms with Gasteiger partial charge in [-0.15, -0.1) is 0 Å². The predicted octanol–water partition coefficient (Wildman–Crippen LogP) is 2.28. The van der Waals surface area contributed by atoms with Crippen LogP contribution in [-0.2, 0) is 11.3 Å². The van der Waals surface area contributed by atoms with Gasteiger partial charge in [-0.05, 0) is 30.2 Å². The van der Waals surface area contributed by atoms with Gasteiger partial charge in [-0.2, -0.15) is 5.26 Å². The summed E-state index contributed by atoms with van der Waals surface area (Å²) in [6.07, 6.45) is 0.663. The number of carbonyl (C=O) groups is 1. The molecule has 0 bridgehead atoms. The van der Waals surface area contributed by atoms with E-state index in [-0.39, 0.29) is 5.92 Å². The number of ketones is 1. The van der Waals surface area contributed by atoms with Gasteiger partial charge in [0.05, 0.1) is 11.6 Å². The molecule has 0 aliphatic carbocycles. The first kappa shape index (κ1) is 12.8. The average Bonchev–Trinajstić information content (AvgIpc) is 2.36. The number of piperidine rings is 1. The second-order valence-electron chi connectivity index (χ2n) is 5.11. The Morgan fingerprint density at radius 3 is 2.89 bits per heavy atom. The minimum atomic E-state index is 0.150. The van der Waals surface area contributed by atoms with E-state index in [2.05, 4.69) is 11.0 Å². The molecule has 3 heteroatoms. The maximum Gasteiger partial charge on any atom is 0.138 e. The van der Waals surface area contributed by atoms with Crippen molar-refractivity contribution < 1.29 is 4.79 Å². The molecule has 1 heterocycles. The molecule has 18 heavy (non-hydrogen) atoms. The standard InChI is InChI=1S/C15H18N2O/c1-11-7-13(8-16)3-4-14(11)10-17-6-5-15(18)12(2)9-17/h3-4,7,12H,5-6,9-10H2,1-2H3. The highest BCUT2D eigenvalue weighted by atomic mass is 16.1. The van der Waals surface area contributed by atoms with Crippen molar-refractivity contribution in [3.63, 3.8) is 0 Å². The maximum absolute atomic E-state index is 11.5. The molecule has 0 spiro atoms. The number of nitrogens with zero attached hydrogens (tertiary/aromatic N) is 2. The third-order valence-corrected chi connectivity index (χ3v) is 3.62. The summed E-state index contributed by atoms with van der Waals surface area (Å²) in [4.78, 5) is 13.8. The molecule has 0 saturated carbocycles. The van der Waals surface area contributed by atoms with Gasteiger partial charge in [0, 0.05) is 32.0 Å². The van der Waals surface area contributed by atoms with Crippen LogP contribution >= 0.6 is 0 Å². The van der Waals surface area contributed by atoms with Crippen molar-refractivity contribution in [2.24, 2.45) is 5.92 Å². The van der Waals surface area contributed by atoms with E-state index in [0.29, 0.717) is 17.8 Å². The second-order valence-corrected chi connectivity index (χ2v) is 5.11. The first-order chi connectivity index (χ1) is 8.60. The van der Waals surface area contributed by atoms with E-state index in [1.54, 1.807) is 0 Å². The molecule has 1 aromatic rings. The molecule has 0 aromatic heterocycles. The quantitative estimate of drug-likeness (QED) is 0.799. The van der Waals surface area contributed by atoms with E-state index in [9.17, 15) is 4.79 Å². The molecular weight excluding hydrogens is 224 g/mol. The molecule has 1 aliphatic heterocycles. The van der Waals surface area contributed by atoms with Gasteiger partial charge in [-0.25, -0.2) is 0 Å². The largest absolute Gasteiger partial charge is 0.299 e. The fourth-order valence-corrected chi connectivity index (χ4v) is 2.42. The lowest BCUT2D eigenvalue weighted by atomic mass is 9.97. The number of hydrogen-bond donors (Lipinski definition) is 0. The van der Waals surface area contributed by atoms with Crippen LogP contribution in [0.15, 0.2) is 18.2 Å². The summed E-state index contributed by atoms with van der Waals surface area (Å²) in [6, 6.07) is 7.96. The van der Waals surface area contributed by atoms with Crippen LogP contribution in [0.2, 0.25) is 0 Å². The van der Waals surface area contributed by atoms with Crippen molar-refractivity contribution in [2.45, 2.75) is 26.8 Å². The molecule has 94 valence electrons. The average molecular weight is 242 g/mol. The van der Waals surface area contributed by atoms with E-state index in [1.807, 2.05) is 32.0 Å². The molecule has 0 amide bonds. The van der Waals surface area contributed by atoms with Crippen molar-refractivity contribution in [3.05, 3.63) is 34.9 Å². The number of benzene rings is 1. The predicted molar refractivity (Wildman–Crippen MR) is 70.0 cm³/mol.